The molecule has 0 saturated carbocycles. The number of aromatic nitrogens is 1. The molecule has 0 aliphatic heterocycles. The van der Waals surface area contributed by atoms with Crippen molar-refractivity contribution in [2.45, 2.75) is 45.9 Å². The van der Waals surface area contributed by atoms with Crippen LogP contribution in [-0.2, 0) is 6.54 Å². The van der Waals surface area contributed by atoms with Crippen molar-refractivity contribution in [2.24, 2.45) is 0 Å². The molecule has 2 aromatic heterocycles. The van der Waals surface area contributed by atoms with Gasteiger partial charge in [0, 0.05) is 12.5 Å². The van der Waals surface area contributed by atoms with Crippen LogP contribution in [0.5, 0.6) is 0 Å². The molecular weight excluding hydrogens is 286 g/mol. The number of carbonyl (C=O) groups is 1. The van der Waals surface area contributed by atoms with Gasteiger partial charge in [-0.25, -0.2) is 9.78 Å². The van der Waals surface area contributed by atoms with Gasteiger partial charge in [-0.05, 0) is 32.9 Å². The van der Waals surface area contributed by atoms with Gasteiger partial charge in [-0.1, -0.05) is 0 Å². The molecule has 3 N–H and O–H groups in total. The first-order valence-corrected chi connectivity index (χ1v) is 7.14. The first kappa shape index (κ1) is 16.1. The minimum Gasteiger partial charge on any atom is -0.467 e. The molecular formula is C15H21N3O4. The Labute approximate surface area is 128 Å². The standard InChI is InChI=1S/C15H21N3O4/c1-9(7-12(19)13-5-4-6-21-13)17-15(20)16-8-14-18-10(2)11(3)22-14/h4-6,9,12,19H,7-8H2,1-3H3,(H2,16,17,20). The summed E-state index contributed by atoms with van der Waals surface area (Å²) in [6, 6.07) is 2.86. The van der Waals surface area contributed by atoms with Gasteiger partial charge in [-0.15, -0.1) is 0 Å². The van der Waals surface area contributed by atoms with Gasteiger partial charge < -0.3 is 24.6 Å². The van der Waals surface area contributed by atoms with E-state index in [2.05, 4.69) is 15.6 Å². The fraction of sp³-hybridized carbons (Fsp3) is 0.467. The Balaban J connectivity index is 1.74. The zero-order valence-electron chi connectivity index (χ0n) is 12.9. The van der Waals surface area contributed by atoms with E-state index in [0.29, 0.717) is 18.1 Å². The highest BCUT2D eigenvalue weighted by Gasteiger charge is 2.16. The normalized spacial score (nSPS) is 13.6. The van der Waals surface area contributed by atoms with Crippen molar-refractivity contribution >= 4 is 6.03 Å². The van der Waals surface area contributed by atoms with E-state index >= 15 is 0 Å². The summed E-state index contributed by atoms with van der Waals surface area (Å²) in [6.07, 6.45) is 1.12. The number of aryl methyl sites for hydroxylation is 2. The van der Waals surface area contributed by atoms with E-state index in [1.54, 1.807) is 12.1 Å². The summed E-state index contributed by atoms with van der Waals surface area (Å²) >= 11 is 0. The number of furan rings is 1. The van der Waals surface area contributed by atoms with Crippen LogP contribution in [0, 0.1) is 13.8 Å². The van der Waals surface area contributed by atoms with Crippen LogP contribution in [-0.4, -0.2) is 22.2 Å². The van der Waals surface area contributed by atoms with E-state index in [0.717, 1.165) is 11.5 Å². The van der Waals surface area contributed by atoms with Gasteiger partial charge in [-0.2, -0.15) is 0 Å². The number of nitrogens with one attached hydrogen (secondary N) is 2. The van der Waals surface area contributed by atoms with Gasteiger partial charge in [0.1, 0.15) is 17.6 Å². The van der Waals surface area contributed by atoms with Crippen molar-refractivity contribution in [3.05, 3.63) is 41.5 Å². The molecule has 0 aliphatic carbocycles. The second kappa shape index (κ2) is 7.13. The summed E-state index contributed by atoms with van der Waals surface area (Å²) in [6.45, 7) is 5.70. The van der Waals surface area contributed by atoms with E-state index in [1.165, 1.54) is 6.26 Å². The molecule has 2 aromatic rings. The number of rotatable bonds is 6. The molecule has 0 spiro atoms. The molecule has 0 saturated heterocycles. The van der Waals surface area contributed by atoms with Crippen molar-refractivity contribution in [3.8, 4) is 0 Å². The Morgan fingerprint density at radius 2 is 2.23 bits per heavy atom. The summed E-state index contributed by atoms with van der Waals surface area (Å²) in [5.41, 5.74) is 0.812. The average Bonchev–Trinajstić information content (AvgIpc) is 3.07. The number of hydrogen-bond acceptors (Lipinski definition) is 5. The first-order chi connectivity index (χ1) is 10.5. The highest BCUT2D eigenvalue weighted by molar-refractivity contribution is 5.74. The Morgan fingerprint density at radius 1 is 1.45 bits per heavy atom. The van der Waals surface area contributed by atoms with E-state index in [9.17, 15) is 9.90 Å². The molecule has 0 aliphatic rings. The maximum absolute atomic E-state index is 11.8. The largest absolute Gasteiger partial charge is 0.467 e. The summed E-state index contributed by atoms with van der Waals surface area (Å²) < 4.78 is 10.5. The first-order valence-electron chi connectivity index (χ1n) is 7.14. The number of aliphatic hydroxyl groups excluding tert-OH is 1. The van der Waals surface area contributed by atoms with Crippen molar-refractivity contribution in [1.29, 1.82) is 0 Å². The van der Waals surface area contributed by atoms with Crippen molar-refractivity contribution < 1.29 is 18.7 Å². The number of urea groups is 1. The maximum atomic E-state index is 11.8. The average molecular weight is 307 g/mol. The third-order valence-electron chi connectivity index (χ3n) is 3.30. The molecule has 2 atom stereocenters. The third kappa shape index (κ3) is 4.36. The minimum atomic E-state index is -0.748. The van der Waals surface area contributed by atoms with E-state index in [-0.39, 0.29) is 18.6 Å². The molecule has 0 aromatic carbocycles. The maximum Gasteiger partial charge on any atom is 0.315 e. The van der Waals surface area contributed by atoms with E-state index in [1.807, 2.05) is 20.8 Å². The SMILES string of the molecule is Cc1nc(CNC(=O)NC(C)CC(O)c2ccco2)oc1C. The number of aliphatic hydroxyl groups is 1. The lowest BCUT2D eigenvalue weighted by Crippen LogP contribution is -2.41. The molecule has 0 radical (unpaired) electrons. The molecule has 2 rings (SSSR count). The molecule has 7 nitrogen and oxygen atoms in total. The number of oxazole rings is 1. The Bertz CT molecular complexity index is 587. The summed E-state index contributed by atoms with van der Waals surface area (Å²) in [5, 5.41) is 15.4. The lowest BCUT2D eigenvalue weighted by Gasteiger charge is -2.16. The van der Waals surface area contributed by atoms with Crippen LogP contribution in [0.2, 0.25) is 0 Å². The van der Waals surface area contributed by atoms with Crippen LogP contribution in [0.25, 0.3) is 0 Å². The van der Waals surface area contributed by atoms with Crippen LogP contribution in [0.15, 0.2) is 27.2 Å². The quantitative estimate of drug-likeness (QED) is 0.759. The zero-order valence-corrected chi connectivity index (χ0v) is 12.9. The van der Waals surface area contributed by atoms with Gasteiger partial charge >= 0.3 is 6.03 Å². The van der Waals surface area contributed by atoms with Crippen molar-refractivity contribution in [1.82, 2.24) is 15.6 Å². The topological polar surface area (TPSA) is 101 Å². The third-order valence-corrected chi connectivity index (χ3v) is 3.30. The van der Waals surface area contributed by atoms with E-state index in [4.69, 9.17) is 8.83 Å². The molecule has 22 heavy (non-hydrogen) atoms. The fourth-order valence-corrected chi connectivity index (χ4v) is 2.04. The zero-order chi connectivity index (χ0) is 16.1. The van der Waals surface area contributed by atoms with Crippen LogP contribution in [0.1, 0.15) is 42.6 Å². The number of nitrogens with zero attached hydrogens (tertiary/aromatic N) is 1. The minimum absolute atomic E-state index is 0.215. The van der Waals surface area contributed by atoms with Gasteiger partial charge in [0.2, 0.25) is 5.89 Å². The Morgan fingerprint density at radius 3 is 2.82 bits per heavy atom. The monoisotopic (exact) mass is 307 g/mol. The van der Waals surface area contributed by atoms with Gasteiger partial charge in [-0.3, -0.25) is 0 Å². The molecule has 7 heteroatoms. The van der Waals surface area contributed by atoms with Crippen molar-refractivity contribution in [3.63, 3.8) is 0 Å². The summed E-state index contributed by atoms with van der Waals surface area (Å²) in [4.78, 5) is 16.0. The lowest BCUT2D eigenvalue weighted by molar-refractivity contribution is 0.129. The van der Waals surface area contributed by atoms with Gasteiger partial charge in [0.05, 0.1) is 18.5 Å². The smallest absolute Gasteiger partial charge is 0.315 e. The highest BCUT2D eigenvalue weighted by atomic mass is 16.4. The van der Waals surface area contributed by atoms with Crippen LogP contribution >= 0.6 is 0 Å². The fourth-order valence-electron chi connectivity index (χ4n) is 2.04. The number of amides is 2. The van der Waals surface area contributed by atoms with Crippen molar-refractivity contribution in [2.75, 3.05) is 0 Å². The molecule has 120 valence electrons. The van der Waals surface area contributed by atoms with E-state index < -0.39 is 6.10 Å². The Kier molecular flexibility index (Phi) is 5.21. The molecule has 2 amide bonds. The molecule has 0 fully saturated rings. The predicted molar refractivity (Wildman–Crippen MR) is 79.1 cm³/mol. The number of hydrogen-bond donors (Lipinski definition) is 3. The van der Waals surface area contributed by atoms with Gasteiger partial charge in [0.25, 0.3) is 0 Å². The summed E-state index contributed by atoms with van der Waals surface area (Å²) in [7, 11) is 0. The molecule has 2 unspecified atom stereocenters. The predicted octanol–water partition coefficient (Wildman–Crippen LogP) is 2.20. The molecule has 2 heterocycles. The summed E-state index contributed by atoms with van der Waals surface area (Å²) in [5.74, 6) is 1.69. The van der Waals surface area contributed by atoms with Crippen LogP contribution in [0.3, 0.4) is 0 Å². The lowest BCUT2D eigenvalue weighted by atomic mass is 10.1. The highest BCUT2D eigenvalue weighted by Crippen LogP contribution is 2.18. The van der Waals surface area contributed by atoms with Gasteiger partial charge in [0.15, 0.2) is 0 Å². The second-order valence-corrected chi connectivity index (χ2v) is 5.24. The molecule has 0 bridgehead atoms. The van der Waals surface area contributed by atoms with Crippen LogP contribution in [0.4, 0.5) is 4.79 Å². The second-order valence-electron chi connectivity index (χ2n) is 5.24. The Hall–Kier alpha value is -2.28. The number of carbonyl (C=O) groups excluding carboxylic acids is 1. The van der Waals surface area contributed by atoms with Crippen LogP contribution < -0.4 is 10.6 Å².